The quantitative estimate of drug-likeness (QED) is 0.857. The zero-order chi connectivity index (χ0) is 14.0. The third-order valence-corrected chi connectivity index (χ3v) is 3.99. The molecule has 0 aliphatic carbocycles. The molecule has 2 aromatic rings. The van der Waals surface area contributed by atoms with Crippen LogP contribution in [0.3, 0.4) is 0 Å². The molecule has 0 saturated heterocycles. The van der Waals surface area contributed by atoms with Crippen LogP contribution in [-0.2, 0) is 13.1 Å². The standard InChI is InChI=1S/C16H21ClN2/c1-5-19-12(3)9-14(13(19)4)10-18-16-11(2)7-6-8-15(16)17/h6-9,18H,5,10H2,1-4H3. The van der Waals surface area contributed by atoms with E-state index in [-0.39, 0.29) is 0 Å². The van der Waals surface area contributed by atoms with Gasteiger partial charge in [-0.1, -0.05) is 23.7 Å². The summed E-state index contributed by atoms with van der Waals surface area (Å²) in [6.45, 7) is 10.4. The largest absolute Gasteiger partial charge is 0.379 e. The highest BCUT2D eigenvalue weighted by Gasteiger charge is 2.09. The maximum absolute atomic E-state index is 6.23. The lowest BCUT2D eigenvalue weighted by Crippen LogP contribution is -2.04. The molecule has 0 aliphatic rings. The average molecular weight is 277 g/mol. The van der Waals surface area contributed by atoms with Crippen molar-refractivity contribution in [1.29, 1.82) is 0 Å². The first kappa shape index (κ1) is 14.0. The van der Waals surface area contributed by atoms with Gasteiger partial charge in [-0.25, -0.2) is 0 Å². The lowest BCUT2D eigenvalue weighted by Gasteiger charge is -2.12. The van der Waals surface area contributed by atoms with Gasteiger partial charge in [-0.05, 0) is 51.0 Å². The minimum absolute atomic E-state index is 0.782. The summed E-state index contributed by atoms with van der Waals surface area (Å²) in [5.74, 6) is 0. The summed E-state index contributed by atoms with van der Waals surface area (Å²) >= 11 is 6.23. The molecule has 1 heterocycles. The normalized spacial score (nSPS) is 10.8. The fourth-order valence-corrected chi connectivity index (χ4v) is 2.87. The van der Waals surface area contributed by atoms with Gasteiger partial charge in [0.2, 0.25) is 0 Å². The maximum Gasteiger partial charge on any atom is 0.0640 e. The van der Waals surface area contributed by atoms with Gasteiger partial charge in [0.1, 0.15) is 0 Å². The van der Waals surface area contributed by atoms with Crippen LogP contribution in [0.25, 0.3) is 0 Å². The number of hydrogen-bond donors (Lipinski definition) is 1. The number of benzene rings is 1. The smallest absolute Gasteiger partial charge is 0.0640 e. The van der Waals surface area contributed by atoms with E-state index in [0.29, 0.717) is 0 Å². The van der Waals surface area contributed by atoms with E-state index in [2.05, 4.69) is 49.7 Å². The molecule has 0 saturated carbocycles. The van der Waals surface area contributed by atoms with Crippen molar-refractivity contribution in [2.45, 2.75) is 40.8 Å². The van der Waals surface area contributed by atoms with E-state index in [1.807, 2.05) is 12.1 Å². The average Bonchev–Trinajstić information content (AvgIpc) is 2.63. The van der Waals surface area contributed by atoms with Gasteiger partial charge < -0.3 is 9.88 Å². The van der Waals surface area contributed by atoms with Crippen molar-refractivity contribution in [2.24, 2.45) is 0 Å². The molecule has 3 heteroatoms. The molecule has 0 amide bonds. The first-order valence-corrected chi connectivity index (χ1v) is 7.07. The SMILES string of the molecule is CCn1c(C)cc(CNc2c(C)cccc2Cl)c1C. The van der Waals surface area contributed by atoms with E-state index < -0.39 is 0 Å². The number of rotatable bonds is 4. The minimum Gasteiger partial charge on any atom is -0.379 e. The van der Waals surface area contributed by atoms with Gasteiger partial charge in [-0.3, -0.25) is 0 Å². The summed E-state index contributed by atoms with van der Waals surface area (Å²) in [7, 11) is 0. The van der Waals surface area contributed by atoms with Crippen LogP contribution in [0, 0.1) is 20.8 Å². The van der Waals surface area contributed by atoms with Gasteiger partial charge in [-0.2, -0.15) is 0 Å². The zero-order valence-electron chi connectivity index (χ0n) is 12.0. The molecule has 1 aromatic heterocycles. The van der Waals surface area contributed by atoms with Crippen LogP contribution in [0.4, 0.5) is 5.69 Å². The zero-order valence-corrected chi connectivity index (χ0v) is 12.8. The van der Waals surface area contributed by atoms with Crippen molar-refractivity contribution in [2.75, 3.05) is 5.32 Å². The molecule has 0 bridgehead atoms. The highest BCUT2D eigenvalue weighted by Crippen LogP contribution is 2.26. The number of hydrogen-bond acceptors (Lipinski definition) is 1. The fraction of sp³-hybridized carbons (Fsp3) is 0.375. The van der Waals surface area contributed by atoms with E-state index in [1.165, 1.54) is 22.5 Å². The Bertz CT molecular complexity index is 564. The minimum atomic E-state index is 0.782. The number of para-hydroxylation sites is 1. The summed E-state index contributed by atoms with van der Waals surface area (Å²) in [6, 6.07) is 8.22. The second kappa shape index (κ2) is 5.70. The Morgan fingerprint density at radius 2 is 1.95 bits per heavy atom. The third-order valence-electron chi connectivity index (χ3n) is 3.67. The van der Waals surface area contributed by atoms with E-state index in [1.54, 1.807) is 0 Å². The van der Waals surface area contributed by atoms with Gasteiger partial charge in [0.25, 0.3) is 0 Å². The van der Waals surface area contributed by atoms with Crippen LogP contribution in [0.2, 0.25) is 5.02 Å². The molecule has 102 valence electrons. The summed E-state index contributed by atoms with van der Waals surface area (Å²) in [6.07, 6.45) is 0. The second-order valence-corrected chi connectivity index (χ2v) is 5.33. The van der Waals surface area contributed by atoms with Gasteiger partial charge in [0, 0.05) is 24.5 Å². The molecule has 1 aromatic carbocycles. The molecule has 2 nitrogen and oxygen atoms in total. The number of nitrogens with zero attached hydrogens (tertiary/aromatic N) is 1. The van der Waals surface area contributed by atoms with E-state index in [9.17, 15) is 0 Å². The van der Waals surface area contributed by atoms with Gasteiger partial charge in [0.15, 0.2) is 0 Å². The number of anilines is 1. The van der Waals surface area contributed by atoms with Crippen LogP contribution >= 0.6 is 11.6 Å². The lowest BCUT2D eigenvalue weighted by atomic mass is 10.2. The van der Waals surface area contributed by atoms with Crippen LogP contribution in [-0.4, -0.2) is 4.57 Å². The molecule has 0 unspecified atom stereocenters. The topological polar surface area (TPSA) is 17.0 Å². The molecular formula is C16H21ClN2. The Morgan fingerprint density at radius 3 is 2.53 bits per heavy atom. The molecule has 0 fully saturated rings. The molecule has 2 rings (SSSR count). The lowest BCUT2D eigenvalue weighted by molar-refractivity contribution is 0.715. The summed E-state index contributed by atoms with van der Waals surface area (Å²) < 4.78 is 2.33. The van der Waals surface area contributed by atoms with Crippen molar-refractivity contribution in [3.05, 3.63) is 51.8 Å². The van der Waals surface area contributed by atoms with Crippen LogP contribution in [0.5, 0.6) is 0 Å². The van der Waals surface area contributed by atoms with E-state index in [0.717, 1.165) is 23.8 Å². The third kappa shape index (κ3) is 2.79. The predicted molar refractivity (Wildman–Crippen MR) is 83.1 cm³/mol. The van der Waals surface area contributed by atoms with Gasteiger partial charge in [-0.15, -0.1) is 0 Å². The molecule has 0 spiro atoms. The van der Waals surface area contributed by atoms with Crippen LogP contribution in [0.1, 0.15) is 29.4 Å². The molecule has 1 N–H and O–H groups in total. The van der Waals surface area contributed by atoms with Gasteiger partial charge in [0.05, 0.1) is 10.7 Å². The second-order valence-electron chi connectivity index (χ2n) is 4.93. The first-order chi connectivity index (χ1) is 9.04. The number of nitrogens with one attached hydrogen (secondary N) is 1. The highest BCUT2D eigenvalue weighted by molar-refractivity contribution is 6.33. The van der Waals surface area contributed by atoms with Gasteiger partial charge >= 0.3 is 0 Å². The molecule has 19 heavy (non-hydrogen) atoms. The van der Waals surface area contributed by atoms with Crippen LogP contribution in [0.15, 0.2) is 24.3 Å². The summed E-state index contributed by atoms with van der Waals surface area (Å²) in [4.78, 5) is 0. The van der Waals surface area contributed by atoms with Crippen molar-refractivity contribution >= 4 is 17.3 Å². The van der Waals surface area contributed by atoms with Crippen molar-refractivity contribution in [3.8, 4) is 0 Å². The maximum atomic E-state index is 6.23. The monoisotopic (exact) mass is 276 g/mol. The molecule has 0 atom stereocenters. The number of halogens is 1. The fourth-order valence-electron chi connectivity index (χ4n) is 2.58. The molecule has 0 radical (unpaired) electrons. The van der Waals surface area contributed by atoms with E-state index >= 15 is 0 Å². The Labute approximate surface area is 120 Å². The summed E-state index contributed by atoms with van der Waals surface area (Å²) in [5.41, 5.74) is 6.19. The number of aryl methyl sites for hydroxylation is 2. The highest BCUT2D eigenvalue weighted by atomic mass is 35.5. The first-order valence-electron chi connectivity index (χ1n) is 6.69. The molecular weight excluding hydrogens is 256 g/mol. The van der Waals surface area contributed by atoms with Crippen molar-refractivity contribution in [1.82, 2.24) is 4.57 Å². The molecule has 0 aliphatic heterocycles. The Kier molecular flexibility index (Phi) is 4.20. The van der Waals surface area contributed by atoms with Crippen molar-refractivity contribution in [3.63, 3.8) is 0 Å². The number of aromatic nitrogens is 1. The van der Waals surface area contributed by atoms with Crippen molar-refractivity contribution < 1.29 is 0 Å². The Balaban J connectivity index is 2.19. The van der Waals surface area contributed by atoms with E-state index in [4.69, 9.17) is 11.6 Å². The summed E-state index contributed by atoms with van der Waals surface area (Å²) in [5, 5.41) is 4.24. The Morgan fingerprint density at radius 1 is 1.21 bits per heavy atom. The van der Waals surface area contributed by atoms with Crippen LogP contribution < -0.4 is 5.32 Å². The predicted octanol–water partition coefficient (Wildman–Crippen LogP) is 4.70. The Hall–Kier alpha value is -1.41.